The molecule has 4 aromatic rings. The molecule has 0 atom stereocenters. The van der Waals surface area contributed by atoms with Gasteiger partial charge < -0.3 is 14.6 Å². The standard InChI is InChI=1S/C23H21FN2O2S/c24-19-9-5-4-8-18(19)16-26-20-10-13-29-22(20)14-21(26)23(28)25(11-12-27)15-17-6-2-1-3-7-17/h1-10,13-14,27H,11-12,15-16H2. The molecule has 2 heterocycles. The van der Waals surface area contributed by atoms with Crippen molar-refractivity contribution in [2.24, 2.45) is 0 Å². The molecule has 0 spiro atoms. The molecule has 4 rings (SSSR count). The summed E-state index contributed by atoms with van der Waals surface area (Å²) >= 11 is 1.55. The van der Waals surface area contributed by atoms with Crippen molar-refractivity contribution >= 4 is 27.5 Å². The van der Waals surface area contributed by atoms with Gasteiger partial charge in [0.2, 0.25) is 0 Å². The van der Waals surface area contributed by atoms with Gasteiger partial charge in [-0.1, -0.05) is 48.5 Å². The van der Waals surface area contributed by atoms with Crippen LogP contribution in [0.3, 0.4) is 0 Å². The summed E-state index contributed by atoms with van der Waals surface area (Å²) in [4.78, 5) is 15.0. The van der Waals surface area contributed by atoms with Crippen LogP contribution < -0.4 is 0 Å². The van der Waals surface area contributed by atoms with Crippen LogP contribution in [-0.2, 0) is 13.1 Å². The van der Waals surface area contributed by atoms with E-state index < -0.39 is 0 Å². The lowest BCUT2D eigenvalue weighted by molar-refractivity contribution is 0.0698. The van der Waals surface area contributed by atoms with Crippen molar-refractivity contribution < 1.29 is 14.3 Å². The van der Waals surface area contributed by atoms with Crippen LogP contribution in [0.15, 0.2) is 72.1 Å². The number of halogens is 1. The summed E-state index contributed by atoms with van der Waals surface area (Å²) in [6.45, 7) is 0.776. The number of aliphatic hydroxyl groups excluding tert-OH is 1. The minimum atomic E-state index is -0.292. The van der Waals surface area contributed by atoms with E-state index in [1.807, 2.05) is 52.4 Å². The van der Waals surface area contributed by atoms with Crippen molar-refractivity contribution in [2.75, 3.05) is 13.2 Å². The van der Waals surface area contributed by atoms with E-state index in [0.717, 1.165) is 15.8 Å². The lowest BCUT2D eigenvalue weighted by atomic mass is 10.2. The largest absolute Gasteiger partial charge is 0.395 e. The summed E-state index contributed by atoms with van der Waals surface area (Å²) in [5.41, 5.74) is 2.93. The lowest BCUT2D eigenvalue weighted by Crippen LogP contribution is -2.34. The van der Waals surface area contributed by atoms with Crippen LogP contribution in [0, 0.1) is 5.82 Å². The number of rotatable bonds is 7. The molecule has 0 aliphatic heterocycles. The summed E-state index contributed by atoms with van der Waals surface area (Å²) in [5.74, 6) is -0.470. The van der Waals surface area contributed by atoms with E-state index >= 15 is 0 Å². The normalized spacial score (nSPS) is 11.1. The molecular weight excluding hydrogens is 387 g/mol. The predicted octanol–water partition coefficient (Wildman–Crippen LogP) is 4.52. The summed E-state index contributed by atoms with van der Waals surface area (Å²) in [6.07, 6.45) is 0. The van der Waals surface area contributed by atoms with Crippen LogP contribution in [0.4, 0.5) is 4.39 Å². The molecule has 0 fully saturated rings. The molecule has 2 aromatic carbocycles. The first-order valence-corrected chi connectivity index (χ1v) is 10.3. The molecule has 0 aliphatic carbocycles. The van der Waals surface area contributed by atoms with Gasteiger partial charge in [0, 0.05) is 18.7 Å². The van der Waals surface area contributed by atoms with Crippen molar-refractivity contribution in [3.8, 4) is 0 Å². The third-order valence-corrected chi connectivity index (χ3v) is 5.75. The van der Waals surface area contributed by atoms with Gasteiger partial charge in [-0.3, -0.25) is 4.79 Å². The van der Waals surface area contributed by atoms with Gasteiger partial charge in [0.25, 0.3) is 5.91 Å². The third kappa shape index (κ3) is 4.09. The number of hydrogen-bond donors (Lipinski definition) is 1. The Labute approximate surface area is 172 Å². The van der Waals surface area contributed by atoms with Crippen molar-refractivity contribution in [1.82, 2.24) is 9.47 Å². The Morgan fingerprint density at radius 1 is 1.07 bits per heavy atom. The molecule has 148 valence electrons. The maximum atomic E-state index is 14.3. The first-order valence-electron chi connectivity index (χ1n) is 9.41. The second-order valence-corrected chi connectivity index (χ2v) is 7.76. The highest BCUT2D eigenvalue weighted by molar-refractivity contribution is 7.17. The zero-order chi connectivity index (χ0) is 20.2. The molecule has 0 saturated carbocycles. The number of aliphatic hydroxyl groups is 1. The van der Waals surface area contributed by atoms with Crippen LogP contribution in [0.25, 0.3) is 10.2 Å². The molecule has 29 heavy (non-hydrogen) atoms. The molecule has 4 nitrogen and oxygen atoms in total. The molecule has 0 aliphatic rings. The van der Waals surface area contributed by atoms with Gasteiger partial charge in [-0.05, 0) is 29.1 Å². The minimum Gasteiger partial charge on any atom is -0.395 e. The second-order valence-electron chi connectivity index (χ2n) is 6.81. The molecule has 6 heteroatoms. The molecule has 0 bridgehead atoms. The third-order valence-electron chi connectivity index (χ3n) is 4.90. The predicted molar refractivity (Wildman–Crippen MR) is 114 cm³/mol. The fourth-order valence-corrected chi connectivity index (χ4v) is 4.28. The van der Waals surface area contributed by atoms with Crippen molar-refractivity contribution in [1.29, 1.82) is 0 Å². The summed E-state index contributed by atoms with van der Waals surface area (Å²) in [7, 11) is 0. The first kappa shape index (κ1) is 19.4. The van der Waals surface area contributed by atoms with E-state index in [0.29, 0.717) is 17.8 Å². The monoisotopic (exact) mass is 408 g/mol. The number of carbonyl (C=O) groups excluding carboxylic acids is 1. The van der Waals surface area contributed by atoms with Gasteiger partial charge in [0.1, 0.15) is 11.5 Å². The zero-order valence-corrected chi connectivity index (χ0v) is 16.6. The molecule has 1 N–H and O–H groups in total. The maximum Gasteiger partial charge on any atom is 0.270 e. The highest BCUT2D eigenvalue weighted by Crippen LogP contribution is 2.28. The fraction of sp³-hybridized carbons (Fsp3) is 0.174. The van der Waals surface area contributed by atoms with E-state index in [2.05, 4.69) is 0 Å². The van der Waals surface area contributed by atoms with Crippen LogP contribution in [-0.4, -0.2) is 33.6 Å². The van der Waals surface area contributed by atoms with E-state index in [4.69, 9.17) is 0 Å². The number of thiophene rings is 1. The Morgan fingerprint density at radius 3 is 2.59 bits per heavy atom. The number of hydrogen-bond acceptors (Lipinski definition) is 3. The maximum absolute atomic E-state index is 14.3. The molecule has 0 radical (unpaired) electrons. The Morgan fingerprint density at radius 2 is 1.83 bits per heavy atom. The Hall–Kier alpha value is -2.96. The smallest absolute Gasteiger partial charge is 0.270 e. The van der Waals surface area contributed by atoms with E-state index in [1.54, 1.807) is 34.4 Å². The number of benzene rings is 2. The summed E-state index contributed by atoms with van der Waals surface area (Å²) in [5, 5.41) is 11.5. The van der Waals surface area contributed by atoms with E-state index in [1.165, 1.54) is 6.07 Å². The number of carbonyl (C=O) groups is 1. The number of fused-ring (bicyclic) bond motifs is 1. The average Bonchev–Trinajstić information content (AvgIpc) is 3.32. The first-order chi connectivity index (χ1) is 14.2. The van der Waals surface area contributed by atoms with Crippen LogP contribution in [0.1, 0.15) is 21.6 Å². The molecule has 2 aromatic heterocycles. The van der Waals surface area contributed by atoms with Crippen molar-refractivity contribution in [3.63, 3.8) is 0 Å². The van der Waals surface area contributed by atoms with Gasteiger partial charge in [-0.2, -0.15) is 0 Å². The Bertz CT molecular complexity index is 1120. The van der Waals surface area contributed by atoms with Crippen molar-refractivity contribution in [3.05, 3.63) is 94.7 Å². The molecule has 0 saturated heterocycles. The topological polar surface area (TPSA) is 45.5 Å². The van der Waals surface area contributed by atoms with Crippen LogP contribution in [0.2, 0.25) is 0 Å². The quantitative estimate of drug-likeness (QED) is 0.489. The second kappa shape index (κ2) is 8.59. The number of nitrogens with zero attached hydrogens (tertiary/aromatic N) is 2. The highest BCUT2D eigenvalue weighted by Gasteiger charge is 2.22. The number of aromatic nitrogens is 1. The average molecular weight is 408 g/mol. The lowest BCUT2D eigenvalue weighted by Gasteiger charge is -2.23. The van der Waals surface area contributed by atoms with Gasteiger partial charge in [-0.15, -0.1) is 11.3 Å². The highest BCUT2D eigenvalue weighted by atomic mass is 32.1. The van der Waals surface area contributed by atoms with Gasteiger partial charge in [0.15, 0.2) is 0 Å². The van der Waals surface area contributed by atoms with Gasteiger partial charge in [0.05, 0.1) is 23.4 Å². The van der Waals surface area contributed by atoms with Gasteiger partial charge >= 0.3 is 0 Å². The minimum absolute atomic E-state index is 0.124. The SMILES string of the molecule is O=C(c1cc2sccc2n1Cc1ccccc1F)N(CCO)Cc1ccccc1. The Kier molecular flexibility index (Phi) is 5.74. The van der Waals surface area contributed by atoms with Crippen LogP contribution in [0.5, 0.6) is 0 Å². The van der Waals surface area contributed by atoms with E-state index in [9.17, 15) is 14.3 Å². The van der Waals surface area contributed by atoms with E-state index in [-0.39, 0.29) is 31.4 Å². The zero-order valence-electron chi connectivity index (χ0n) is 15.8. The van der Waals surface area contributed by atoms with Crippen molar-refractivity contribution in [2.45, 2.75) is 13.1 Å². The number of amides is 1. The Balaban J connectivity index is 1.71. The summed E-state index contributed by atoms with van der Waals surface area (Å²) in [6, 6.07) is 20.1. The molecule has 1 amide bonds. The van der Waals surface area contributed by atoms with Crippen LogP contribution >= 0.6 is 11.3 Å². The summed E-state index contributed by atoms with van der Waals surface area (Å²) < 4.78 is 17.1. The fourth-order valence-electron chi connectivity index (χ4n) is 3.46. The molecular formula is C23H21FN2O2S. The van der Waals surface area contributed by atoms with Gasteiger partial charge in [-0.25, -0.2) is 4.39 Å². The molecule has 0 unspecified atom stereocenters.